The number of nitrogens with two attached hydrogens (primary N) is 1. The molecule has 0 bridgehead atoms. The van der Waals surface area contributed by atoms with Gasteiger partial charge in [0.2, 0.25) is 0 Å². The van der Waals surface area contributed by atoms with Crippen LogP contribution in [0.15, 0.2) is 24.3 Å². The number of hydrogen-bond acceptors (Lipinski definition) is 2. The molecule has 0 aliphatic carbocycles. The van der Waals surface area contributed by atoms with Gasteiger partial charge in [0.25, 0.3) is 0 Å². The van der Waals surface area contributed by atoms with E-state index >= 15 is 0 Å². The van der Waals surface area contributed by atoms with Gasteiger partial charge in [-0.15, -0.1) is 0 Å². The molecule has 1 aromatic carbocycles. The maximum Gasteiger partial charge on any atom is 0.303 e. The summed E-state index contributed by atoms with van der Waals surface area (Å²) in [7, 11) is 0. The molecule has 18 heavy (non-hydrogen) atoms. The number of benzene rings is 1. The second-order valence-electron chi connectivity index (χ2n) is 4.76. The number of carboxylic acids is 1. The van der Waals surface area contributed by atoms with E-state index in [2.05, 4.69) is 12.1 Å². The minimum atomic E-state index is -0.682. The molecular weight excluding hydrogens is 226 g/mol. The molecule has 0 aromatic heterocycles. The van der Waals surface area contributed by atoms with Crippen molar-refractivity contribution in [3.05, 3.63) is 29.8 Å². The van der Waals surface area contributed by atoms with Crippen LogP contribution in [0, 0.1) is 0 Å². The van der Waals surface area contributed by atoms with Crippen LogP contribution in [-0.4, -0.2) is 11.1 Å². The molecule has 0 atom stereocenters. The number of aliphatic carboxylic acids is 1. The molecule has 0 aliphatic rings. The molecule has 3 heteroatoms. The highest BCUT2D eigenvalue weighted by molar-refractivity contribution is 5.66. The van der Waals surface area contributed by atoms with E-state index in [1.807, 2.05) is 12.1 Å². The van der Waals surface area contributed by atoms with Gasteiger partial charge in [-0.3, -0.25) is 4.79 Å². The quantitative estimate of drug-likeness (QED) is 0.519. The third-order valence-electron chi connectivity index (χ3n) is 3.09. The maximum absolute atomic E-state index is 10.3. The van der Waals surface area contributed by atoms with Crippen molar-refractivity contribution in [2.75, 3.05) is 5.73 Å². The molecule has 0 saturated heterocycles. The summed E-state index contributed by atoms with van der Waals surface area (Å²) in [6, 6.07) is 8.06. The van der Waals surface area contributed by atoms with Crippen molar-refractivity contribution in [1.29, 1.82) is 0 Å². The Balaban J connectivity index is 1.95. The van der Waals surface area contributed by atoms with Gasteiger partial charge in [-0.1, -0.05) is 37.8 Å². The first-order valence-corrected chi connectivity index (χ1v) is 6.74. The zero-order valence-corrected chi connectivity index (χ0v) is 10.9. The maximum atomic E-state index is 10.3. The number of carboxylic acid groups (broad SMARTS) is 1. The molecule has 1 aromatic rings. The molecule has 0 fully saturated rings. The second-order valence-corrected chi connectivity index (χ2v) is 4.76. The SMILES string of the molecule is Nc1ccc(CCCCCCCCC(=O)O)cc1. The lowest BCUT2D eigenvalue weighted by atomic mass is 10.0. The summed E-state index contributed by atoms with van der Waals surface area (Å²) in [4.78, 5) is 10.3. The minimum absolute atomic E-state index is 0.311. The van der Waals surface area contributed by atoms with Crippen LogP contribution in [-0.2, 0) is 11.2 Å². The fourth-order valence-electron chi connectivity index (χ4n) is 2.00. The van der Waals surface area contributed by atoms with Crippen molar-refractivity contribution in [3.8, 4) is 0 Å². The van der Waals surface area contributed by atoms with Crippen molar-refractivity contribution in [2.45, 2.75) is 51.4 Å². The van der Waals surface area contributed by atoms with Crippen molar-refractivity contribution in [2.24, 2.45) is 0 Å². The number of unbranched alkanes of at least 4 members (excludes halogenated alkanes) is 5. The molecule has 3 N–H and O–H groups in total. The summed E-state index contributed by atoms with van der Waals surface area (Å²) < 4.78 is 0. The lowest BCUT2D eigenvalue weighted by Crippen LogP contribution is -1.93. The molecule has 3 nitrogen and oxygen atoms in total. The number of hydrogen-bond donors (Lipinski definition) is 2. The van der Waals surface area contributed by atoms with Gasteiger partial charge in [-0.2, -0.15) is 0 Å². The van der Waals surface area contributed by atoms with Gasteiger partial charge in [0.1, 0.15) is 0 Å². The highest BCUT2D eigenvalue weighted by Crippen LogP contribution is 2.12. The topological polar surface area (TPSA) is 63.3 Å². The first kappa shape index (κ1) is 14.6. The van der Waals surface area contributed by atoms with Crippen molar-refractivity contribution in [3.63, 3.8) is 0 Å². The Morgan fingerprint density at radius 1 is 0.944 bits per heavy atom. The fraction of sp³-hybridized carbons (Fsp3) is 0.533. The average molecular weight is 249 g/mol. The summed E-state index contributed by atoms with van der Waals surface area (Å²) in [5, 5.41) is 8.49. The predicted molar refractivity (Wildman–Crippen MR) is 74.5 cm³/mol. The van der Waals surface area contributed by atoms with E-state index in [1.54, 1.807) is 0 Å². The van der Waals surface area contributed by atoms with Crippen molar-refractivity contribution in [1.82, 2.24) is 0 Å². The first-order chi connectivity index (χ1) is 8.68. The zero-order chi connectivity index (χ0) is 13.2. The third kappa shape index (κ3) is 6.94. The van der Waals surface area contributed by atoms with Crippen molar-refractivity contribution < 1.29 is 9.90 Å². The van der Waals surface area contributed by atoms with Crippen LogP contribution in [0.4, 0.5) is 5.69 Å². The van der Waals surface area contributed by atoms with E-state index in [0.29, 0.717) is 6.42 Å². The number of aryl methyl sites for hydroxylation is 1. The van der Waals surface area contributed by atoms with Crippen LogP contribution in [0.25, 0.3) is 0 Å². The molecule has 0 spiro atoms. The number of carbonyl (C=O) groups is 1. The Bertz CT molecular complexity index is 346. The molecule has 0 unspecified atom stereocenters. The molecule has 0 aliphatic heterocycles. The van der Waals surface area contributed by atoms with Crippen LogP contribution in [0.5, 0.6) is 0 Å². The molecule has 0 amide bonds. The van der Waals surface area contributed by atoms with Gasteiger partial charge in [0, 0.05) is 12.1 Å². The average Bonchev–Trinajstić information content (AvgIpc) is 2.34. The molecule has 0 heterocycles. The van der Waals surface area contributed by atoms with E-state index < -0.39 is 5.97 Å². The van der Waals surface area contributed by atoms with E-state index in [4.69, 9.17) is 10.8 Å². The predicted octanol–water partition coefficient (Wildman–Crippen LogP) is 3.63. The van der Waals surface area contributed by atoms with E-state index in [-0.39, 0.29) is 0 Å². The highest BCUT2D eigenvalue weighted by atomic mass is 16.4. The van der Waals surface area contributed by atoms with Crippen LogP contribution in [0.3, 0.4) is 0 Å². The summed E-state index contributed by atoms with van der Waals surface area (Å²) >= 11 is 0. The standard InChI is InChI=1S/C15H23NO2/c16-14-11-9-13(10-12-14)7-5-3-1-2-4-6-8-15(17)18/h9-12H,1-8,16H2,(H,17,18). The van der Waals surface area contributed by atoms with Gasteiger partial charge in [-0.05, 0) is 37.0 Å². The largest absolute Gasteiger partial charge is 0.481 e. The first-order valence-electron chi connectivity index (χ1n) is 6.74. The summed E-state index contributed by atoms with van der Waals surface area (Å²) in [5.41, 5.74) is 7.79. The van der Waals surface area contributed by atoms with Gasteiger partial charge in [0.15, 0.2) is 0 Å². The van der Waals surface area contributed by atoms with Crippen LogP contribution in [0.1, 0.15) is 50.5 Å². The van der Waals surface area contributed by atoms with Crippen LogP contribution >= 0.6 is 0 Å². The Labute approximate surface area is 109 Å². The molecule has 0 radical (unpaired) electrons. The Kier molecular flexibility index (Phi) is 6.92. The molecule has 1 rings (SSSR count). The zero-order valence-electron chi connectivity index (χ0n) is 10.9. The number of rotatable bonds is 9. The second kappa shape index (κ2) is 8.56. The van der Waals surface area contributed by atoms with Gasteiger partial charge in [-0.25, -0.2) is 0 Å². The van der Waals surface area contributed by atoms with Crippen LogP contribution in [0.2, 0.25) is 0 Å². The van der Waals surface area contributed by atoms with E-state index in [0.717, 1.165) is 31.4 Å². The highest BCUT2D eigenvalue weighted by Gasteiger charge is 1.97. The van der Waals surface area contributed by atoms with E-state index in [9.17, 15) is 4.79 Å². The number of nitrogen functional groups attached to an aromatic ring is 1. The van der Waals surface area contributed by atoms with Crippen molar-refractivity contribution >= 4 is 11.7 Å². The van der Waals surface area contributed by atoms with E-state index in [1.165, 1.54) is 24.8 Å². The normalized spacial score (nSPS) is 10.4. The Morgan fingerprint density at radius 2 is 1.50 bits per heavy atom. The smallest absolute Gasteiger partial charge is 0.303 e. The van der Waals surface area contributed by atoms with Gasteiger partial charge >= 0.3 is 5.97 Å². The molecular formula is C15H23NO2. The van der Waals surface area contributed by atoms with Crippen LogP contribution < -0.4 is 5.73 Å². The lowest BCUT2D eigenvalue weighted by molar-refractivity contribution is -0.137. The molecule has 0 saturated carbocycles. The fourth-order valence-corrected chi connectivity index (χ4v) is 2.00. The molecule has 100 valence electrons. The third-order valence-corrected chi connectivity index (χ3v) is 3.09. The Morgan fingerprint density at radius 3 is 2.11 bits per heavy atom. The minimum Gasteiger partial charge on any atom is -0.481 e. The summed E-state index contributed by atoms with van der Waals surface area (Å²) in [5.74, 6) is -0.682. The van der Waals surface area contributed by atoms with Gasteiger partial charge in [0.05, 0.1) is 0 Å². The Hall–Kier alpha value is -1.51. The lowest BCUT2D eigenvalue weighted by Gasteiger charge is -2.02. The summed E-state index contributed by atoms with van der Waals surface area (Å²) in [6.07, 6.45) is 8.03. The number of anilines is 1. The van der Waals surface area contributed by atoms with Gasteiger partial charge < -0.3 is 10.8 Å². The summed E-state index contributed by atoms with van der Waals surface area (Å²) in [6.45, 7) is 0. The monoisotopic (exact) mass is 249 g/mol.